The lowest BCUT2D eigenvalue weighted by atomic mass is 9.89. The molecule has 1 saturated carbocycles. The van der Waals surface area contributed by atoms with E-state index in [-0.39, 0.29) is 0 Å². The van der Waals surface area contributed by atoms with Crippen molar-refractivity contribution in [2.24, 2.45) is 5.92 Å². The first-order valence-electron chi connectivity index (χ1n) is 13.8. The van der Waals surface area contributed by atoms with Crippen molar-refractivity contribution in [1.82, 2.24) is 14.9 Å². The number of hydrogen-bond acceptors (Lipinski definition) is 7. The Hall–Kier alpha value is -2.74. The van der Waals surface area contributed by atoms with E-state index < -0.39 is 5.60 Å². The SMILES string of the molecule is CCC/C=C(/C(=C\N(C)C1CC1)Oc1ccnc2cc(-c3ccnc(C(C)(C)O)c3)sc12)C1CCOCC1. The zero-order valence-corrected chi connectivity index (χ0v) is 23.8. The fourth-order valence-electron chi connectivity index (χ4n) is 4.88. The molecule has 0 atom stereocenters. The standard InChI is InChI=1S/C31H39N3O3S/c1-5-6-7-24(21-12-16-36-17-13-21)27(20-34(4)23-8-9-23)37-26-11-15-32-25-19-28(38-30(25)26)22-10-14-33-29(18-22)31(2,3)35/h7,10-11,14-15,18-21,23,35H,5-6,8-9,12-13,16-17H2,1-4H3/b24-7+,27-20+. The highest BCUT2D eigenvalue weighted by Gasteiger charge is 2.28. The number of allylic oxidation sites excluding steroid dienone is 2. The maximum Gasteiger partial charge on any atom is 0.148 e. The van der Waals surface area contributed by atoms with Crippen LogP contribution < -0.4 is 4.74 Å². The van der Waals surface area contributed by atoms with Crippen molar-refractivity contribution >= 4 is 21.6 Å². The molecule has 0 unspecified atom stereocenters. The highest BCUT2D eigenvalue weighted by Crippen LogP contribution is 2.40. The van der Waals surface area contributed by atoms with Gasteiger partial charge < -0.3 is 19.5 Å². The lowest BCUT2D eigenvalue weighted by Crippen LogP contribution is -2.22. The molecule has 2 aliphatic rings. The molecule has 3 aromatic rings. The summed E-state index contributed by atoms with van der Waals surface area (Å²) in [6.45, 7) is 7.33. The molecule has 0 spiro atoms. The first-order chi connectivity index (χ1) is 18.3. The van der Waals surface area contributed by atoms with Crippen LogP contribution in [0.15, 0.2) is 60.3 Å². The Morgan fingerprint density at radius 1 is 1.16 bits per heavy atom. The van der Waals surface area contributed by atoms with Gasteiger partial charge in [-0.15, -0.1) is 11.3 Å². The third-order valence-electron chi connectivity index (χ3n) is 7.31. The second-order valence-electron chi connectivity index (χ2n) is 10.9. The van der Waals surface area contributed by atoms with Gasteiger partial charge in [0.25, 0.3) is 0 Å². The van der Waals surface area contributed by atoms with Crippen LogP contribution in [0.5, 0.6) is 5.75 Å². The molecule has 3 aromatic heterocycles. The first-order valence-corrected chi connectivity index (χ1v) is 14.6. The van der Waals surface area contributed by atoms with Crippen molar-refractivity contribution in [3.8, 4) is 16.2 Å². The van der Waals surface area contributed by atoms with Crippen LogP contribution in [-0.4, -0.2) is 46.3 Å². The predicted octanol–water partition coefficient (Wildman–Crippen LogP) is 7.05. The zero-order chi connectivity index (χ0) is 26.7. The summed E-state index contributed by atoms with van der Waals surface area (Å²) in [5.41, 5.74) is 2.86. The highest BCUT2D eigenvalue weighted by atomic mass is 32.1. The number of aliphatic hydroxyl groups is 1. The molecule has 7 heteroatoms. The van der Waals surface area contributed by atoms with Gasteiger partial charge in [-0.1, -0.05) is 19.4 Å². The van der Waals surface area contributed by atoms with E-state index in [1.54, 1.807) is 31.4 Å². The number of unbranched alkanes of at least 4 members (excludes halogenated alkanes) is 1. The van der Waals surface area contributed by atoms with Crippen molar-refractivity contribution in [2.75, 3.05) is 20.3 Å². The van der Waals surface area contributed by atoms with Crippen molar-refractivity contribution in [3.05, 3.63) is 66.0 Å². The molecule has 1 aliphatic carbocycles. The summed E-state index contributed by atoms with van der Waals surface area (Å²) in [4.78, 5) is 12.4. The van der Waals surface area contributed by atoms with Crippen LogP contribution in [0.3, 0.4) is 0 Å². The minimum Gasteiger partial charge on any atom is -0.454 e. The number of thiophene rings is 1. The van der Waals surface area contributed by atoms with E-state index in [0.717, 1.165) is 71.1 Å². The number of fused-ring (bicyclic) bond motifs is 1. The predicted molar refractivity (Wildman–Crippen MR) is 154 cm³/mol. The van der Waals surface area contributed by atoms with E-state index in [1.807, 2.05) is 24.4 Å². The third-order valence-corrected chi connectivity index (χ3v) is 8.50. The lowest BCUT2D eigenvalue weighted by Gasteiger charge is -2.28. The molecule has 5 rings (SSSR count). The maximum absolute atomic E-state index is 10.5. The molecule has 0 aromatic carbocycles. The molecule has 38 heavy (non-hydrogen) atoms. The Balaban J connectivity index is 1.52. The molecular formula is C31H39N3O3S. The van der Waals surface area contributed by atoms with Crippen molar-refractivity contribution < 1.29 is 14.6 Å². The van der Waals surface area contributed by atoms with Crippen molar-refractivity contribution in [2.45, 2.75) is 70.9 Å². The van der Waals surface area contributed by atoms with Crippen LogP contribution in [0.1, 0.15) is 65.0 Å². The van der Waals surface area contributed by atoms with E-state index in [9.17, 15) is 5.11 Å². The molecule has 4 heterocycles. The largest absolute Gasteiger partial charge is 0.454 e. The van der Waals surface area contributed by atoms with Gasteiger partial charge in [0, 0.05) is 55.8 Å². The summed E-state index contributed by atoms with van der Waals surface area (Å²) >= 11 is 1.66. The van der Waals surface area contributed by atoms with Gasteiger partial charge in [0.15, 0.2) is 0 Å². The van der Waals surface area contributed by atoms with Crippen LogP contribution in [0.4, 0.5) is 0 Å². The monoisotopic (exact) mass is 533 g/mol. The quantitative estimate of drug-likeness (QED) is 0.222. The summed E-state index contributed by atoms with van der Waals surface area (Å²) < 4.78 is 13.6. The number of aromatic nitrogens is 2. The van der Waals surface area contributed by atoms with Gasteiger partial charge >= 0.3 is 0 Å². The lowest BCUT2D eigenvalue weighted by molar-refractivity contribution is 0.0738. The molecule has 0 radical (unpaired) electrons. The second kappa shape index (κ2) is 11.6. The molecule has 0 amide bonds. The number of ether oxygens (including phenoxy) is 2. The third kappa shape index (κ3) is 6.28. The van der Waals surface area contributed by atoms with E-state index in [2.05, 4.69) is 47.2 Å². The van der Waals surface area contributed by atoms with E-state index in [4.69, 9.17) is 9.47 Å². The Bertz CT molecular complexity index is 1310. The molecule has 2 fully saturated rings. The summed E-state index contributed by atoms with van der Waals surface area (Å²) in [5, 5.41) is 10.5. The van der Waals surface area contributed by atoms with Gasteiger partial charge in [-0.3, -0.25) is 9.97 Å². The Labute approximate surface area is 230 Å². The van der Waals surface area contributed by atoms with Gasteiger partial charge in [0.05, 0.1) is 15.9 Å². The van der Waals surface area contributed by atoms with Gasteiger partial charge in [-0.05, 0) is 81.2 Å². The highest BCUT2D eigenvalue weighted by molar-refractivity contribution is 7.22. The van der Waals surface area contributed by atoms with E-state index in [0.29, 0.717) is 17.7 Å². The summed E-state index contributed by atoms with van der Waals surface area (Å²) in [5.74, 6) is 2.20. The molecule has 1 saturated heterocycles. The molecule has 6 nitrogen and oxygen atoms in total. The number of hydrogen-bond donors (Lipinski definition) is 1. The van der Waals surface area contributed by atoms with Gasteiger partial charge in [-0.2, -0.15) is 0 Å². The maximum atomic E-state index is 10.5. The van der Waals surface area contributed by atoms with Crippen LogP contribution in [0.25, 0.3) is 20.7 Å². The average molecular weight is 534 g/mol. The topological polar surface area (TPSA) is 67.7 Å². The number of nitrogens with zero attached hydrogens (tertiary/aromatic N) is 3. The van der Waals surface area contributed by atoms with Crippen molar-refractivity contribution in [1.29, 1.82) is 0 Å². The molecular weight excluding hydrogens is 494 g/mol. The smallest absolute Gasteiger partial charge is 0.148 e. The minimum absolute atomic E-state index is 0.433. The fourth-order valence-corrected chi connectivity index (χ4v) is 5.94. The van der Waals surface area contributed by atoms with Crippen LogP contribution in [0, 0.1) is 5.92 Å². The fraction of sp³-hybridized carbons (Fsp3) is 0.484. The van der Waals surface area contributed by atoms with Crippen molar-refractivity contribution in [3.63, 3.8) is 0 Å². The van der Waals surface area contributed by atoms with E-state index >= 15 is 0 Å². The number of rotatable bonds is 10. The zero-order valence-electron chi connectivity index (χ0n) is 22.9. The van der Waals surface area contributed by atoms with Gasteiger partial charge in [-0.25, -0.2) is 0 Å². The Morgan fingerprint density at radius 3 is 2.63 bits per heavy atom. The molecule has 1 aliphatic heterocycles. The summed E-state index contributed by atoms with van der Waals surface area (Å²) in [6, 6.07) is 8.61. The first kappa shape index (κ1) is 26.9. The van der Waals surface area contributed by atoms with Gasteiger partial charge in [0.2, 0.25) is 0 Å². The van der Waals surface area contributed by atoms with Gasteiger partial charge in [0.1, 0.15) is 17.1 Å². The van der Waals surface area contributed by atoms with Crippen LogP contribution in [0.2, 0.25) is 0 Å². The summed E-state index contributed by atoms with van der Waals surface area (Å²) in [7, 11) is 2.16. The number of pyridine rings is 2. The van der Waals surface area contributed by atoms with Crippen LogP contribution >= 0.6 is 11.3 Å². The Kier molecular flexibility index (Phi) is 8.17. The molecule has 1 N–H and O–H groups in total. The Morgan fingerprint density at radius 2 is 1.92 bits per heavy atom. The average Bonchev–Trinajstić information content (AvgIpc) is 3.67. The van der Waals surface area contributed by atoms with E-state index in [1.165, 1.54) is 18.4 Å². The second-order valence-corrected chi connectivity index (χ2v) is 12.0. The minimum atomic E-state index is -1.00. The normalized spacial score (nSPS) is 17.7. The summed E-state index contributed by atoms with van der Waals surface area (Å²) in [6.07, 6.45) is 14.8. The molecule has 0 bridgehead atoms. The molecule has 202 valence electrons. The van der Waals surface area contributed by atoms with Crippen LogP contribution in [-0.2, 0) is 10.3 Å².